The topological polar surface area (TPSA) is 89.8 Å². The van der Waals surface area contributed by atoms with E-state index >= 15 is 0 Å². The van der Waals surface area contributed by atoms with Crippen molar-refractivity contribution in [3.63, 3.8) is 0 Å². The molecule has 3 unspecified atom stereocenters. The molecule has 1 amide bonds. The standard InChI is InChI=1S/C39H73NO4/c1-3-5-7-9-11-13-15-16-17-18-19-20-21-22-24-26-28-30-32-34-38(43)39(44)40-36(35-41)37(42)33-31-29-27-25-23-14-12-10-8-6-4-2/h19-20,23,25,31,33,36-38,41-43H,3-18,21-22,24,26-30,32,34-35H2,1-2H3,(H,40,44)/b20-19-,25-23+,33-31+. The molecule has 0 bridgehead atoms. The minimum absolute atomic E-state index is 0.379. The van der Waals surface area contributed by atoms with Crippen LogP contribution in [0.5, 0.6) is 0 Å². The fraction of sp³-hybridized carbons (Fsp3) is 0.821. The molecule has 0 heterocycles. The van der Waals surface area contributed by atoms with E-state index in [1.807, 2.05) is 6.08 Å². The maximum atomic E-state index is 12.4. The quantitative estimate of drug-likeness (QED) is 0.0435. The van der Waals surface area contributed by atoms with Crippen LogP contribution >= 0.6 is 0 Å². The number of nitrogens with one attached hydrogen (secondary N) is 1. The van der Waals surface area contributed by atoms with E-state index in [2.05, 4.69) is 43.5 Å². The van der Waals surface area contributed by atoms with Crippen molar-refractivity contribution in [2.45, 2.75) is 199 Å². The normalized spacial score (nSPS) is 14.2. The minimum Gasteiger partial charge on any atom is -0.394 e. The molecule has 5 nitrogen and oxygen atoms in total. The van der Waals surface area contributed by atoms with E-state index in [4.69, 9.17) is 0 Å². The molecule has 0 aromatic heterocycles. The minimum atomic E-state index is -1.11. The van der Waals surface area contributed by atoms with Crippen molar-refractivity contribution in [3.05, 3.63) is 36.5 Å². The lowest BCUT2D eigenvalue weighted by molar-refractivity contribution is -0.131. The van der Waals surface area contributed by atoms with Gasteiger partial charge in [-0.25, -0.2) is 0 Å². The number of amides is 1. The van der Waals surface area contributed by atoms with Gasteiger partial charge in [-0.3, -0.25) is 4.79 Å². The number of allylic oxidation sites excluding steroid dienone is 5. The van der Waals surface area contributed by atoms with Gasteiger partial charge in [0, 0.05) is 0 Å². The zero-order valence-corrected chi connectivity index (χ0v) is 29.0. The van der Waals surface area contributed by atoms with Crippen LogP contribution in [0.2, 0.25) is 0 Å². The van der Waals surface area contributed by atoms with Crippen molar-refractivity contribution < 1.29 is 20.1 Å². The molecule has 0 aliphatic carbocycles. The Labute approximate surface area is 273 Å². The Morgan fingerprint density at radius 1 is 0.545 bits per heavy atom. The van der Waals surface area contributed by atoms with Crippen LogP contribution in [0, 0.1) is 0 Å². The Kier molecular flexibility index (Phi) is 33.3. The molecule has 5 heteroatoms. The molecule has 0 saturated heterocycles. The molecular weight excluding hydrogens is 546 g/mol. The molecule has 0 saturated carbocycles. The summed E-state index contributed by atoms with van der Waals surface area (Å²) in [7, 11) is 0. The Hall–Kier alpha value is -1.43. The number of hydrogen-bond acceptors (Lipinski definition) is 4. The smallest absolute Gasteiger partial charge is 0.249 e. The second kappa shape index (κ2) is 34.4. The van der Waals surface area contributed by atoms with Crippen LogP contribution in [0.3, 0.4) is 0 Å². The van der Waals surface area contributed by atoms with Crippen LogP contribution in [0.25, 0.3) is 0 Å². The summed E-state index contributed by atoms with van der Waals surface area (Å²) in [6.07, 6.45) is 41.6. The van der Waals surface area contributed by atoms with E-state index in [9.17, 15) is 20.1 Å². The number of carbonyl (C=O) groups is 1. The predicted molar refractivity (Wildman–Crippen MR) is 190 cm³/mol. The SMILES string of the molecule is CCCCCCC/C=C/CC/C=C/C(O)C(CO)NC(=O)C(O)CCCCCCCC/C=C\CCCCCCCCCCC. The second-order valence-electron chi connectivity index (χ2n) is 12.8. The Bertz CT molecular complexity index is 690. The maximum Gasteiger partial charge on any atom is 0.249 e. The van der Waals surface area contributed by atoms with Gasteiger partial charge in [0.25, 0.3) is 0 Å². The van der Waals surface area contributed by atoms with Gasteiger partial charge in [-0.05, 0) is 57.8 Å². The lowest BCUT2D eigenvalue weighted by Gasteiger charge is -2.21. The van der Waals surface area contributed by atoms with Crippen LogP contribution in [0.1, 0.15) is 181 Å². The van der Waals surface area contributed by atoms with E-state index in [-0.39, 0.29) is 6.61 Å². The highest BCUT2D eigenvalue weighted by Gasteiger charge is 2.22. The van der Waals surface area contributed by atoms with E-state index in [0.717, 1.165) is 38.5 Å². The van der Waals surface area contributed by atoms with Crippen molar-refractivity contribution in [1.29, 1.82) is 0 Å². The van der Waals surface area contributed by atoms with Gasteiger partial charge in [0.05, 0.1) is 18.8 Å². The summed E-state index contributed by atoms with van der Waals surface area (Å²) in [4.78, 5) is 12.4. The predicted octanol–water partition coefficient (Wildman–Crippen LogP) is 10.0. The first-order valence-corrected chi connectivity index (χ1v) is 18.8. The molecule has 258 valence electrons. The highest BCUT2D eigenvalue weighted by molar-refractivity contribution is 5.80. The molecule has 3 atom stereocenters. The van der Waals surface area contributed by atoms with Gasteiger partial charge < -0.3 is 20.6 Å². The Balaban J connectivity index is 3.75. The third-order valence-corrected chi connectivity index (χ3v) is 8.45. The molecule has 4 N–H and O–H groups in total. The van der Waals surface area contributed by atoms with Gasteiger partial charge >= 0.3 is 0 Å². The zero-order valence-electron chi connectivity index (χ0n) is 29.0. The first-order chi connectivity index (χ1) is 21.6. The number of aliphatic hydroxyl groups excluding tert-OH is 3. The number of carbonyl (C=O) groups excluding carboxylic acids is 1. The summed E-state index contributed by atoms with van der Waals surface area (Å²) in [6, 6.07) is -0.814. The van der Waals surface area contributed by atoms with E-state index in [0.29, 0.717) is 6.42 Å². The molecular formula is C39H73NO4. The largest absolute Gasteiger partial charge is 0.394 e. The van der Waals surface area contributed by atoms with E-state index < -0.39 is 24.2 Å². The molecule has 0 aromatic carbocycles. The van der Waals surface area contributed by atoms with Crippen LogP contribution in [0.15, 0.2) is 36.5 Å². The summed E-state index contributed by atoms with van der Waals surface area (Å²) in [5.74, 6) is -0.521. The van der Waals surface area contributed by atoms with Crippen molar-refractivity contribution in [1.82, 2.24) is 5.32 Å². The molecule has 0 aromatic rings. The third-order valence-electron chi connectivity index (χ3n) is 8.45. The monoisotopic (exact) mass is 620 g/mol. The number of unbranched alkanes of at least 4 members (excludes halogenated alkanes) is 21. The van der Waals surface area contributed by atoms with Gasteiger partial charge in [0.15, 0.2) is 0 Å². The van der Waals surface area contributed by atoms with Crippen LogP contribution < -0.4 is 5.32 Å². The van der Waals surface area contributed by atoms with Gasteiger partial charge in [0.2, 0.25) is 5.91 Å². The molecule has 44 heavy (non-hydrogen) atoms. The maximum absolute atomic E-state index is 12.4. The highest BCUT2D eigenvalue weighted by atomic mass is 16.3. The zero-order chi connectivity index (χ0) is 32.4. The first-order valence-electron chi connectivity index (χ1n) is 18.8. The molecule has 0 aliphatic heterocycles. The number of aliphatic hydroxyl groups is 3. The summed E-state index contributed by atoms with van der Waals surface area (Å²) in [6.45, 7) is 4.12. The summed E-state index contributed by atoms with van der Waals surface area (Å²) >= 11 is 0. The van der Waals surface area contributed by atoms with Crippen LogP contribution in [0.4, 0.5) is 0 Å². The molecule has 0 aliphatic rings. The highest BCUT2D eigenvalue weighted by Crippen LogP contribution is 2.13. The van der Waals surface area contributed by atoms with Crippen LogP contribution in [-0.4, -0.2) is 46.1 Å². The summed E-state index contributed by atoms with van der Waals surface area (Å²) < 4.78 is 0. The van der Waals surface area contributed by atoms with Gasteiger partial charge in [-0.15, -0.1) is 0 Å². The lowest BCUT2D eigenvalue weighted by atomic mass is 10.0. The summed E-state index contributed by atoms with van der Waals surface area (Å²) in [5.41, 5.74) is 0. The Morgan fingerprint density at radius 3 is 1.39 bits per heavy atom. The summed E-state index contributed by atoms with van der Waals surface area (Å²) in [5, 5.41) is 32.9. The van der Waals surface area contributed by atoms with E-state index in [1.54, 1.807) is 6.08 Å². The van der Waals surface area contributed by atoms with Gasteiger partial charge in [0.1, 0.15) is 6.10 Å². The second-order valence-corrected chi connectivity index (χ2v) is 12.8. The molecule has 0 rings (SSSR count). The number of hydrogen-bond donors (Lipinski definition) is 4. The van der Waals surface area contributed by atoms with Crippen LogP contribution in [-0.2, 0) is 4.79 Å². The average Bonchev–Trinajstić information content (AvgIpc) is 3.03. The Morgan fingerprint density at radius 2 is 0.932 bits per heavy atom. The van der Waals surface area contributed by atoms with E-state index in [1.165, 1.54) is 122 Å². The fourth-order valence-electron chi connectivity index (χ4n) is 5.43. The van der Waals surface area contributed by atoms with Crippen molar-refractivity contribution in [2.24, 2.45) is 0 Å². The van der Waals surface area contributed by atoms with Crippen molar-refractivity contribution in [3.8, 4) is 0 Å². The fourth-order valence-corrected chi connectivity index (χ4v) is 5.43. The molecule has 0 fully saturated rings. The molecule has 0 spiro atoms. The lowest BCUT2D eigenvalue weighted by Crippen LogP contribution is -2.48. The third kappa shape index (κ3) is 29.3. The average molecular weight is 620 g/mol. The van der Waals surface area contributed by atoms with Crippen molar-refractivity contribution >= 4 is 5.91 Å². The molecule has 0 radical (unpaired) electrons. The van der Waals surface area contributed by atoms with Gasteiger partial charge in [-0.1, -0.05) is 159 Å². The van der Waals surface area contributed by atoms with Gasteiger partial charge in [-0.2, -0.15) is 0 Å². The van der Waals surface area contributed by atoms with Crippen molar-refractivity contribution in [2.75, 3.05) is 6.61 Å². The first kappa shape index (κ1) is 42.6. The number of rotatable bonds is 33.